The van der Waals surface area contributed by atoms with Crippen molar-refractivity contribution < 1.29 is 29.7 Å². The summed E-state index contributed by atoms with van der Waals surface area (Å²) in [6.07, 6.45) is 1.29. The van der Waals surface area contributed by atoms with Gasteiger partial charge >= 0.3 is 5.97 Å². The van der Waals surface area contributed by atoms with Gasteiger partial charge in [-0.1, -0.05) is 41.5 Å². The van der Waals surface area contributed by atoms with Crippen molar-refractivity contribution in [3.63, 3.8) is 0 Å². The Labute approximate surface area is 203 Å². The maximum Gasteiger partial charge on any atom is 0.306 e. The summed E-state index contributed by atoms with van der Waals surface area (Å²) in [4.78, 5) is 39.3. The van der Waals surface area contributed by atoms with E-state index in [-0.39, 0.29) is 35.7 Å². The second-order valence-electron chi connectivity index (χ2n) is 13.2. The number of aliphatic hydroxyl groups is 2. The van der Waals surface area contributed by atoms with Crippen molar-refractivity contribution >= 4 is 17.5 Å². The Balaban J connectivity index is 1.84. The van der Waals surface area contributed by atoms with Gasteiger partial charge in [-0.15, -0.1) is 0 Å². The van der Waals surface area contributed by atoms with Crippen LogP contribution >= 0.6 is 0 Å². The Morgan fingerprint density at radius 2 is 1.71 bits per heavy atom. The van der Waals surface area contributed by atoms with Crippen LogP contribution in [0.5, 0.6) is 0 Å². The fourth-order valence-corrected chi connectivity index (χ4v) is 8.92. The number of ketones is 2. The highest BCUT2D eigenvalue weighted by molar-refractivity contribution is 6.05. The molecular formula is C28H42O6. The number of aliphatic carboxylic acids is 1. The third-order valence-corrected chi connectivity index (χ3v) is 11.2. The van der Waals surface area contributed by atoms with E-state index in [1.807, 2.05) is 34.6 Å². The van der Waals surface area contributed by atoms with Gasteiger partial charge in [-0.25, -0.2) is 0 Å². The zero-order chi connectivity index (χ0) is 25.6. The third-order valence-electron chi connectivity index (χ3n) is 11.2. The van der Waals surface area contributed by atoms with Gasteiger partial charge in [0.15, 0.2) is 5.78 Å². The van der Waals surface area contributed by atoms with Gasteiger partial charge in [0, 0.05) is 18.4 Å². The fourth-order valence-electron chi connectivity index (χ4n) is 8.92. The highest BCUT2D eigenvalue weighted by Gasteiger charge is 2.70. The third kappa shape index (κ3) is 3.09. The number of aliphatic hydroxyl groups excluding tert-OH is 2. The van der Waals surface area contributed by atoms with E-state index < -0.39 is 45.8 Å². The highest BCUT2D eigenvalue weighted by atomic mass is 16.4. The lowest BCUT2D eigenvalue weighted by Crippen LogP contribution is -2.60. The van der Waals surface area contributed by atoms with Crippen molar-refractivity contribution in [3.05, 3.63) is 11.1 Å². The number of rotatable bonds is 4. The van der Waals surface area contributed by atoms with Crippen LogP contribution in [0.1, 0.15) is 87.0 Å². The minimum Gasteiger partial charge on any atom is -0.481 e. The highest BCUT2D eigenvalue weighted by Crippen LogP contribution is 2.70. The predicted octanol–water partition coefficient (Wildman–Crippen LogP) is 4.17. The molecule has 0 aromatic carbocycles. The Hall–Kier alpha value is -1.53. The summed E-state index contributed by atoms with van der Waals surface area (Å²) in [5, 5.41) is 31.7. The molecule has 9 unspecified atom stereocenters. The van der Waals surface area contributed by atoms with Crippen molar-refractivity contribution in [2.45, 2.75) is 99.2 Å². The molecule has 0 radical (unpaired) electrons. The summed E-state index contributed by atoms with van der Waals surface area (Å²) in [6.45, 7) is 13.8. The number of carbonyl (C=O) groups is 3. The predicted molar refractivity (Wildman–Crippen MR) is 128 cm³/mol. The summed E-state index contributed by atoms with van der Waals surface area (Å²) >= 11 is 0. The van der Waals surface area contributed by atoms with Gasteiger partial charge in [0.05, 0.1) is 23.5 Å². The normalized spacial score (nSPS) is 45.3. The number of hydrogen-bond acceptors (Lipinski definition) is 5. The quantitative estimate of drug-likeness (QED) is 0.564. The lowest BCUT2D eigenvalue weighted by molar-refractivity contribution is -0.144. The SMILES string of the molecule is CC(CC(C)C1CC(=O)C2(C)C3=C(C(=O)CC12C)C1(C)CCC(O)C(C)(C)C1CC3O)C(=O)O. The summed E-state index contributed by atoms with van der Waals surface area (Å²) in [5.41, 5.74) is -1.26. The number of fused-ring (bicyclic) bond motifs is 4. The lowest BCUT2D eigenvalue weighted by atomic mass is 9.42. The van der Waals surface area contributed by atoms with Crippen LogP contribution in [0.4, 0.5) is 0 Å². The van der Waals surface area contributed by atoms with E-state index in [0.29, 0.717) is 43.3 Å². The van der Waals surface area contributed by atoms with E-state index >= 15 is 0 Å². The summed E-state index contributed by atoms with van der Waals surface area (Å²) in [7, 11) is 0. The molecule has 190 valence electrons. The molecule has 0 aromatic heterocycles. The number of hydrogen-bond donors (Lipinski definition) is 3. The molecule has 0 saturated heterocycles. The van der Waals surface area contributed by atoms with Gasteiger partial charge in [0.2, 0.25) is 0 Å². The second kappa shape index (κ2) is 7.73. The molecule has 0 amide bonds. The summed E-state index contributed by atoms with van der Waals surface area (Å²) in [5.74, 6) is -1.51. The van der Waals surface area contributed by atoms with Crippen LogP contribution in [0.25, 0.3) is 0 Å². The topological polar surface area (TPSA) is 112 Å². The minimum atomic E-state index is -0.949. The molecule has 6 nitrogen and oxygen atoms in total. The molecule has 0 spiro atoms. The van der Waals surface area contributed by atoms with Crippen molar-refractivity contribution in [1.29, 1.82) is 0 Å². The average Bonchev–Trinajstić information content (AvgIpc) is 2.93. The van der Waals surface area contributed by atoms with E-state index in [1.54, 1.807) is 6.92 Å². The number of carboxylic acid groups (broad SMARTS) is 1. The number of carboxylic acids is 1. The molecule has 2 saturated carbocycles. The first-order valence-electron chi connectivity index (χ1n) is 12.9. The monoisotopic (exact) mass is 474 g/mol. The van der Waals surface area contributed by atoms with Crippen LogP contribution < -0.4 is 0 Å². The first-order valence-corrected chi connectivity index (χ1v) is 12.9. The van der Waals surface area contributed by atoms with Gasteiger partial charge in [-0.05, 0) is 72.2 Å². The van der Waals surface area contributed by atoms with E-state index in [2.05, 4.69) is 6.92 Å². The Kier molecular flexibility index (Phi) is 5.81. The molecule has 4 aliphatic carbocycles. The van der Waals surface area contributed by atoms with Gasteiger partial charge in [-0.3, -0.25) is 14.4 Å². The maximum atomic E-state index is 14.0. The molecule has 0 aromatic rings. The molecule has 3 N–H and O–H groups in total. The van der Waals surface area contributed by atoms with E-state index in [9.17, 15) is 29.7 Å². The van der Waals surface area contributed by atoms with Crippen LogP contribution in [0.15, 0.2) is 11.1 Å². The Morgan fingerprint density at radius 3 is 2.29 bits per heavy atom. The minimum absolute atomic E-state index is 0.0200. The summed E-state index contributed by atoms with van der Waals surface area (Å²) in [6, 6.07) is 0. The Bertz CT molecular complexity index is 964. The van der Waals surface area contributed by atoms with Crippen molar-refractivity contribution in [2.24, 2.45) is 45.3 Å². The molecule has 4 aliphatic rings. The molecule has 2 fully saturated rings. The maximum absolute atomic E-state index is 14.0. The molecule has 0 aliphatic heterocycles. The molecular weight excluding hydrogens is 432 g/mol. The fraction of sp³-hybridized carbons (Fsp3) is 0.821. The smallest absolute Gasteiger partial charge is 0.306 e. The zero-order valence-electron chi connectivity index (χ0n) is 21.8. The first kappa shape index (κ1) is 25.6. The standard InChI is InChI=1S/C28H42O6/c1-14(10-15(2)24(33)34)16-11-21(32)28(7)23-17(29)12-19-25(3,4)20(31)8-9-26(19,5)22(23)18(30)13-27(16,28)6/h14-17,19-20,29,31H,8-13H2,1-7H3,(H,33,34). The van der Waals surface area contributed by atoms with Crippen LogP contribution in [-0.2, 0) is 14.4 Å². The molecule has 9 atom stereocenters. The molecule has 0 bridgehead atoms. The van der Waals surface area contributed by atoms with Gasteiger partial charge in [0.25, 0.3) is 0 Å². The van der Waals surface area contributed by atoms with Crippen LogP contribution in [-0.4, -0.2) is 45.1 Å². The van der Waals surface area contributed by atoms with Crippen molar-refractivity contribution in [3.8, 4) is 0 Å². The lowest BCUT2D eigenvalue weighted by Gasteiger charge is -2.61. The zero-order valence-corrected chi connectivity index (χ0v) is 21.8. The van der Waals surface area contributed by atoms with Crippen molar-refractivity contribution in [1.82, 2.24) is 0 Å². The molecule has 6 heteroatoms. The number of carbonyl (C=O) groups excluding carboxylic acids is 2. The Morgan fingerprint density at radius 1 is 1.09 bits per heavy atom. The summed E-state index contributed by atoms with van der Waals surface area (Å²) < 4.78 is 0. The molecule has 4 rings (SSSR count). The van der Waals surface area contributed by atoms with Gasteiger partial charge in [0.1, 0.15) is 5.78 Å². The van der Waals surface area contributed by atoms with Crippen LogP contribution in [0.2, 0.25) is 0 Å². The number of Topliss-reactive ketones (excluding diaryl/α,β-unsaturated/α-hetero) is 2. The van der Waals surface area contributed by atoms with Gasteiger partial charge < -0.3 is 15.3 Å². The van der Waals surface area contributed by atoms with E-state index in [4.69, 9.17) is 0 Å². The first-order chi connectivity index (χ1) is 15.5. The van der Waals surface area contributed by atoms with Crippen LogP contribution in [0.3, 0.4) is 0 Å². The largest absolute Gasteiger partial charge is 0.481 e. The number of allylic oxidation sites excluding steroid dienone is 1. The average molecular weight is 475 g/mol. The molecule has 34 heavy (non-hydrogen) atoms. The van der Waals surface area contributed by atoms with E-state index in [0.717, 1.165) is 0 Å². The second-order valence-corrected chi connectivity index (χ2v) is 13.2. The van der Waals surface area contributed by atoms with Gasteiger partial charge in [-0.2, -0.15) is 0 Å². The van der Waals surface area contributed by atoms with Crippen molar-refractivity contribution in [2.75, 3.05) is 0 Å². The van der Waals surface area contributed by atoms with Crippen LogP contribution in [0, 0.1) is 45.3 Å². The van der Waals surface area contributed by atoms with E-state index in [1.165, 1.54) is 0 Å². The molecule has 0 heterocycles.